The fraction of sp³-hybridized carbons (Fsp3) is 0.188. The number of rotatable bonds is 7. The van der Waals surface area contributed by atoms with Crippen molar-refractivity contribution < 1.29 is 22.9 Å². The van der Waals surface area contributed by atoms with Crippen LogP contribution in [0.25, 0.3) is 0 Å². The molecule has 144 valence electrons. The van der Waals surface area contributed by atoms with Crippen LogP contribution in [0.1, 0.15) is 0 Å². The van der Waals surface area contributed by atoms with Crippen molar-refractivity contribution in [3.8, 4) is 5.75 Å². The molecule has 0 fully saturated rings. The van der Waals surface area contributed by atoms with Crippen LogP contribution < -0.4 is 10.1 Å². The summed E-state index contributed by atoms with van der Waals surface area (Å²) in [5.74, 6) is -0.430. The number of ether oxygens (including phenoxy) is 1. The van der Waals surface area contributed by atoms with Crippen molar-refractivity contribution in [2.75, 3.05) is 26.0 Å². The second-order valence-corrected chi connectivity index (χ2v) is 8.08. The van der Waals surface area contributed by atoms with E-state index in [1.807, 2.05) is 0 Å². The van der Waals surface area contributed by atoms with Crippen molar-refractivity contribution in [2.45, 2.75) is 4.90 Å². The Bertz CT molecular complexity index is 978. The summed E-state index contributed by atoms with van der Waals surface area (Å²) >= 11 is 6.02. The minimum Gasteiger partial charge on any atom is -0.482 e. The summed E-state index contributed by atoms with van der Waals surface area (Å²) in [5, 5.41) is 13.2. The first kappa shape index (κ1) is 20.6. The van der Waals surface area contributed by atoms with Crippen molar-refractivity contribution in [2.24, 2.45) is 0 Å². The second kappa shape index (κ2) is 8.33. The molecule has 0 aliphatic carbocycles. The zero-order chi connectivity index (χ0) is 20.2. The second-order valence-electron chi connectivity index (χ2n) is 5.52. The van der Waals surface area contributed by atoms with Crippen molar-refractivity contribution in [1.29, 1.82) is 0 Å². The number of halogens is 1. The van der Waals surface area contributed by atoms with Gasteiger partial charge in [-0.2, -0.15) is 0 Å². The zero-order valence-electron chi connectivity index (χ0n) is 14.4. The quantitative estimate of drug-likeness (QED) is 0.550. The maximum absolute atomic E-state index is 12.1. The van der Waals surface area contributed by atoms with Crippen LogP contribution in [-0.4, -0.2) is 44.3 Å². The highest BCUT2D eigenvalue weighted by atomic mass is 35.5. The summed E-state index contributed by atoms with van der Waals surface area (Å²) in [5.41, 5.74) is 0.0887. The van der Waals surface area contributed by atoms with Crippen LogP contribution in [-0.2, 0) is 14.8 Å². The number of benzene rings is 2. The van der Waals surface area contributed by atoms with E-state index in [2.05, 4.69) is 5.32 Å². The highest BCUT2D eigenvalue weighted by Gasteiger charge is 2.19. The zero-order valence-corrected chi connectivity index (χ0v) is 16.0. The largest absolute Gasteiger partial charge is 0.482 e. The number of hydrogen-bond acceptors (Lipinski definition) is 6. The van der Waals surface area contributed by atoms with E-state index < -0.39 is 27.5 Å². The fourth-order valence-electron chi connectivity index (χ4n) is 2.01. The van der Waals surface area contributed by atoms with E-state index in [1.54, 1.807) is 0 Å². The molecular formula is C16H16ClN3O6S. The monoisotopic (exact) mass is 413 g/mol. The number of hydrogen-bond donors (Lipinski definition) is 1. The van der Waals surface area contributed by atoms with Crippen LogP contribution in [0.4, 0.5) is 11.4 Å². The molecular weight excluding hydrogens is 398 g/mol. The molecule has 0 aliphatic heterocycles. The molecule has 0 radical (unpaired) electrons. The summed E-state index contributed by atoms with van der Waals surface area (Å²) < 4.78 is 30.4. The third kappa shape index (κ3) is 5.16. The molecule has 0 heterocycles. The van der Waals surface area contributed by atoms with Gasteiger partial charge in [-0.15, -0.1) is 0 Å². The first-order chi connectivity index (χ1) is 12.6. The molecule has 11 heteroatoms. The van der Waals surface area contributed by atoms with E-state index in [1.165, 1.54) is 56.6 Å². The number of carbonyl (C=O) groups is 1. The molecule has 1 amide bonds. The lowest BCUT2D eigenvalue weighted by atomic mass is 10.3. The third-order valence-corrected chi connectivity index (χ3v) is 5.49. The van der Waals surface area contributed by atoms with Crippen molar-refractivity contribution in [1.82, 2.24) is 4.31 Å². The molecule has 0 unspecified atom stereocenters. The number of non-ortho nitro benzene ring substituents is 1. The molecule has 0 bridgehead atoms. The van der Waals surface area contributed by atoms with Crippen LogP contribution in [0.5, 0.6) is 5.75 Å². The lowest BCUT2D eigenvalue weighted by molar-refractivity contribution is -0.384. The highest BCUT2D eigenvalue weighted by molar-refractivity contribution is 7.89. The van der Waals surface area contributed by atoms with Crippen LogP contribution in [0.3, 0.4) is 0 Å². The van der Waals surface area contributed by atoms with Crippen molar-refractivity contribution in [3.05, 3.63) is 57.6 Å². The van der Waals surface area contributed by atoms with Gasteiger partial charge >= 0.3 is 0 Å². The van der Waals surface area contributed by atoms with Crippen LogP contribution in [0.15, 0.2) is 47.4 Å². The van der Waals surface area contributed by atoms with E-state index in [4.69, 9.17) is 16.3 Å². The van der Waals surface area contributed by atoms with E-state index in [0.29, 0.717) is 0 Å². The van der Waals surface area contributed by atoms with Gasteiger partial charge in [0.05, 0.1) is 14.8 Å². The molecule has 2 aromatic carbocycles. The maximum atomic E-state index is 12.1. The number of nitrogens with zero attached hydrogens (tertiary/aromatic N) is 2. The van der Waals surface area contributed by atoms with Gasteiger partial charge in [0.1, 0.15) is 5.75 Å². The van der Waals surface area contributed by atoms with Crippen molar-refractivity contribution >= 4 is 38.9 Å². The Morgan fingerprint density at radius 2 is 1.96 bits per heavy atom. The first-order valence-electron chi connectivity index (χ1n) is 7.50. The SMILES string of the molecule is CN(C)S(=O)(=O)c1ccc(OCC(=O)Nc2cccc([N+](=O)[O-])c2)c(Cl)c1. The van der Waals surface area contributed by atoms with Gasteiger partial charge in [0, 0.05) is 31.9 Å². The number of nitro benzene ring substituents is 1. The molecule has 0 aromatic heterocycles. The molecule has 27 heavy (non-hydrogen) atoms. The smallest absolute Gasteiger partial charge is 0.271 e. The third-order valence-electron chi connectivity index (χ3n) is 3.38. The van der Waals surface area contributed by atoms with E-state index in [-0.39, 0.29) is 27.0 Å². The van der Waals surface area contributed by atoms with E-state index in [9.17, 15) is 23.3 Å². The predicted molar refractivity (Wildman–Crippen MR) is 99.5 cm³/mol. The number of nitro groups is 1. The number of sulfonamides is 1. The first-order valence-corrected chi connectivity index (χ1v) is 9.32. The number of nitrogens with one attached hydrogen (secondary N) is 1. The Morgan fingerprint density at radius 3 is 2.56 bits per heavy atom. The summed E-state index contributed by atoms with van der Waals surface area (Å²) in [6.45, 7) is -0.414. The summed E-state index contributed by atoms with van der Waals surface area (Å²) in [7, 11) is -0.851. The van der Waals surface area contributed by atoms with Gasteiger partial charge in [-0.1, -0.05) is 17.7 Å². The van der Waals surface area contributed by atoms with Crippen LogP contribution in [0.2, 0.25) is 5.02 Å². The van der Waals surface area contributed by atoms with E-state index in [0.717, 1.165) is 4.31 Å². The van der Waals surface area contributed by atoms with Crippen LogP contribution in [0, 0.1) is 10.1 Å². The molecule has 0 saturated carbocycles. The van der Waals surface area contributed by atoms with Gasteiger partial charge in [-0.05, 0) is 24.3 Å². The van der Waals surface area contributed by atoms with Gasteiger partial charge in [0.15, 0.2) is 6.61 Å². The molecule has 2 rings (SSSR count). The maximum Gasteiger partial charge on any atom is 0.271 e. The number of anilines is 1. The van der Waals surface area contributed by atoms with Crippen molar-refractivity contribution in [3.63, 3.8) is 0 Å². The molecule has 9 nitrogen and oxygen atoms in total. The van der Waals surface area contributed by atoms with Gasteiger partial charge in [0.2, 0.25) is 10.0 Å². The highest BCUT2D eigenvalue weighted by Crippen LogP contribution is 2.28. The standard InChI is InChI=1S/C16H16ClN3O6S/c1-19(2)27(24,25)13-6-7-15(14(17)9-13)26-10-16(21)18-11-4-3-5-12(8-11)20(22)23/h3-9H,10H2,1-2H3,(H,18,21). The fourth-order valence-corrected chi connectivity index (χ4v) is 3.24. The Hall–Kier alpha value is -2.69. The summed E-state index contributed by atoms with van der Waals surface area (Å²) in [4.78, 5) is 22.1. The average Bonchev–Trinajstić information content (AvgIpc) is 2.60. The molecule has 0 atom stereocenters. The predicted octanol–water partition coefficient (Wildman–Crippen LogP) is 2.52. The lowest BCUT2D eigenvalue weighted by Crippen LogP contribution is -2.22. The van der Waals surface area contributed by atoms with Gasteiger partial charge in [0.25, 0.3) is 11.6 Å². The average molecular weight is 414 g/mol. The number of carbonyl (C=O) groups excluding carboxylic acids is 1. The Balaban J connectivity index is 2.03. The Labute approximate surface area is 160 Å². The van der Waals surface area contributed by atoms with Gasteiger partial charge in [-0.25, -0.2) is 12.7 Å². The normalized spacial score (nSPS) is 11.3. The molecule has 2 aromatic rings. The van der Waals surface area contributed by atoms with Gasteiger partial charge in [-0.3, -0.25) is 14.9 Å². The van der Waals surface area contributed by atoms with Crippen LogP contribution >= 0.6 is 11.6 Å². The molecule has 0 spiro atoms. The minimum absolute atomic E-state index is 0.00843. The van der Waals surface area contributed by atoms with Gasteiger partial charge < -0.3 is 10.1 Å². The Morgan fingerprint density at radius 1 is 1.26 bits per heavy atom. The Kier molecular flexibility index (Phi) is 6.37. The molecule has 1 N–H and O–H groups in total. The lowest BCUT2D eigenvalue weighted by Gasteiger charge is -2.13. The summed E-state index contributed by atoms with van der Waals surface area (Å²) in [6, 6.07) is 9.34. The van der Waals surface area contributed by atoms with E-state index >= 15 is 0 Å². The number of amides is 1. The molecule has 0 saturated heterocycles. The topological polar surface area (TPSA) is 119 Å². The summed E-state index contributed by atoms with van der Waals surface area (Å²) in [6.07, 6.45) is 0. The molecule has 0 aliphatic rings. The minimum atomic E-state index is -3.64.